The second kappa shape index (κ2) is 5.69. The van der Waals surface area contributed by atoms with Crippen molar-refractivity contribution in [2.24, 2.45) is 7.05 Å². The predicted octanol–water partition coefficient (Wildman–Crippen LogP) is 1.92. The van der Waals surface area contributed by atoms with Gasteiger partial charge in [-0.05, 0) is 26.8 Å². The van der Waals surface area contributed by atoms with Crippen molar-refractivity contribution in [3.63, 3.8) is 0 Å². The Balaban J connectivity index is 2.05. The van der Waals surface area contributed by atoms with Gasteiger partial charge in [0.2, 0.25) is 11.8 Å². The molecular weight excluding hydrogens is 242 g/mol. The number of rotatable bonds is 5. The zero-order chi connectivity index (χ0) is 13.8. The van der Waals surface area contributed by atoms with Crippen LogP contribution in [0.25, 0.3) is 0 Å². The Hall–Kier alpha value is -2.11. The molecule has 0 bridgehead atoms. The molecular formula is C13H19N5O. The minimum absolute atomic E-state index is 0.0953. The highest BCUT2D eigenvalue weighted by Gasteiger charge is 2.05. The van der Waals surface area contributed by atoms with Crippen LogP contribution in [0, 0.1) is 6.92 Å². The lowest BCUT2D eigenvalue weighted by atomic mass is 10.4. The first kappa shape index (κ1) is 13.3. The first-order valence-corrected chi connectivity index (χ1v) is 6.27. The van der Waals surface area contributed by atoms with Crippen LogP contribution in [0.1, 0.15) is 25.2 Å². The Morgan fingerprint density at radius 3 is 2.79 bits per heavy atom. The first-order chi connectivity index (χ1) is 9.02. The van der Waals surface area contributed by atoms with Gasteiger partial charge in [-0.25, -0.2) is 4.98 Å². The fourth-order valence-corrected chi connectivity index (χ4v) is 1.65. The molecule has 0 amide bonds. The molecule has 0 unspecified atom stereocenters. The van der Waals surface area contributed by atoms with Crippen molar-refractivity contribution in [3.8, 4) is 5.88 Å². The normalized spacial score (nSPS) is 10.8. The number of hydrogen-bond donors (Lipinski definition) is 1. The molecule has 1 N–H and O–H groups in total. The van der Waals surface area contributed by atoms with Gasteiger partial charge >= 0.3 is 0 Å². The van der Waals surface area contributed by atoms with Crippen LogP contribution >= 0.6 is 0 Å². The van der Waals surface area contributed by atoms with E-state index in [2.05, 4.69) is 20.4 Å². The molecule has 2 aromatic heterocycles. The Morgan fingerprint density at radius 2 is 2.16 bits per heavy atom. The Morgan fingerprint density at radius 1 is 1.37 bits per heavy atom. The molecule has 0 fully saturated rings. The summed E-state index contributed by atoms with van der Waals surface area (Å²) in [6.45, 7) is 6.45. The van der Waals surface area contributed by atoms with Crippen LogP contribution in [0.15, 0.2) is 18.3 Å². The number of anilines is 1. The summed E-state index contributed by atoms with van der Waals surface area (Å²) in [4.78, 5) is 8.64. The van der Waals surface area contributed by atoms with Crippen LogP contribution in [-0.2, 0) is 13.6 Å². The minimum atomic E-state index is 0.0953. The topological polar surface area (TPSA) is 64.9 Å². The van der Waals surface area contributed by atoms with Gasteiger partial charge in [-0.2, -0.15) is 10.1 Å². The van der Waals surface area contributed by atoms with Crippen molar-refractivity contribution in [1.82, 2.24) is 19.7 Å². The molecule has 0 atom stereocenters. The summed E-state index contributed by atoms with van der Waals surface area (Å²) in [7, 11) is 1.89. The minimum Gasteiger partial charge on any atom is -0.475 e. The van der Waals surface area contributed by atoms with Crippen LogP contribution in [0.2, 0.25) is 0 Å². The van der Waals surface area contributed by atoms with Gasteiger partial charge in [-0.15, -0.1) is 0 Å². The summed E-state index contributed by atoms with van der Waals surface area (Å²) in [5.74, 6) is 1.15. The maximum absolute atomic E-state index is 5.58. The fourth-order valence-electron chi connectivity index (χ4n) is 1.65. The number of aryl methyl sites for hydroxylation is 2. The summed E-state index contributed by atoms with van der Waals surface area (Å²) in [6, 6.07) is 3.78. The average molecular weight is 261 g/mol. The van der Waals surface area contributed by atoms with E-state index < -0.39 is 0 Å². The summed E-state index contributed by atoms with van der Waals surface area (Å²) >= 11 is 0. The average Bonchev–Trinajstić information content (AvgIpc) is 2.71. The monoisotopic (exact) mass is 261 g/mol. The van der Waals surface area contributed by atoms with Crippen molar-refractivity contribution < 1.29 is 4.74 Å². The third-order valence-electron chi connectivity index (χ3n) is 2.38. The van der Waals surface area contributed by atoms with E-state index in [0.717, 1.165) is 11.4 Å². The second-order valence-corrected chi connectivity index (χ2v) is 4.67. The molecule has 0 aromatic carbocycles. The lowest BCUT2D eigenvalue weighted by Crippen LogP contribution is -2.10. The van der Waals surface area contributed by atoms with E-state index in [-0.39, 0.29) is 6.10 Å². The molecule has 0 radical (unpaired) electrons. The Kier molecular flexibility index (Phi) is 3.99. The zero-order valence-electron chi connectivity index (χ0n) is 11.7. The second-order valence-electron chi connectivity index (χ2n) is 4.67. The van der Waals surface area contributed by atoms with E-state index in [1.165, 1.54) is 0 Å². The maximum Gasteiger partial charge on any atom is 0.226 e. The molecule has 0 aliphatic carbocycles. The van der Waals surface area contributed by atoms with Crippen molar-refractivity contribution in [3.05, 3.63) is 29.7 Å². The fraction of sp³-hybridized carbons (Fsp3) is 0.462. The van der Waals surface area contributed by atoms with Crippen molar-refractivity contribution in [2.75, 3.05) is 5.32 Å². The Bertz CT molecular complexity index is 550. The molecule has 19 heavy (non-hydrogen) atoms. The van der Waals surface area contributed by atoms with Gasteiger partial charge in [0.15, 0.2) is 0 Å². The van der Waals surface area contributed by atoms with E-state index in [1.54, 1.807) is 4.68 Å². The lowest BCUT2D eigenvalue weighted by molar-refractivity contribution is 0.232. The molecule has 6 nitrogen and oxygen atoms in total. The van der Waals surface area contributed by atoms with Crippen LogP contribution in [0.3, 0.4) is 0 Å². The van der Waals surface area contributed by atoms with Crippen LogP contribution < -0.4 is 10.1 Å². The highest BCUT2D eigenvalue weighted by molar-refractivity contribution is 5.31. The van der Waals surface area contributed by atoms with E-state index in [9.17, 15) is 0 Å². The molecule has 0 aliphatic rings. The van der Waals surface area contributed by atoms with E-state index in [4.69, 9.17) is 4.74 Å². The highest BCUT2D eigenvalue weighted by Crippen LogP contribution is 2.13. The van der Waals surface area contributed by atoms with Gasteiger partial charge < -0.3 is 10.1 Å². The van der Waals surface area contributed by atoms with E-state index >= 15 is 0 Å². The predicted molar refractivity (Wildman–Crippen MR) is 73.1 cm³/mol. The molecule has 102 valence electrons. The number of nitrogens with one attached hydrogen (secondary N) is 1. The molecule has 0 aliphatic heterocycles. The maximum atomic E-state index is 5.58. The van der Waals surface area contributed by atoms with Gasteiger partial charge in [0, 0.05) is 25.0 Å². The van der Waals surface area contributed by atoms with Gasteiger partial charge in [0.05, 0.1) is 18.3 Å². The number of aromatic nitrogens is 4. The molecule has 2 rings (SSSR count). The van der Waals surface area contributed by atoms with Gasteiger partial charge in [0.1, 0.15) is 0 Å². The van der Waals surface area contributed by atoms with Gasteiger partial charge in [-0.3, -0.25) is 4.68 Å². The van der Waals surface area contributed by atoms with Crippen molar-refractivity contribution in [1.29, 1.82) is 0 Å². The molecule has 2 aromatic rings. The van der Waals surface area contributed by atoms with Crippen molar-refractivity contribution >= 4 is 5.95 Å². The third-order valence-corrected chi connectivity index (χ3v) is 2.38. The molecule has 2 heterocycles. The largest absolute Gasteiger partial charge is 0.475 e. The highest BCUT2D eigenvalue weighted by atomic mass is 16.5. The summed E-state index contributed by atoms with van der Waals surface area (Å²) in [5.41, 5.74) is 1.81. The smallest absolute Gasteiger partial charge is 0.226 e. The zero-order valence-corrected chi connectivity index (χ0v) is 11.7. The summed E-state index contributed by atoms with van der Waals surface area (Å²) in [6.07, 6.45) is 2.00. The van der Waals surface area contributed by atoms with Crippen LogP contribution in [0.5, 0.6) is 5.88 Å². The SMILES string of the molecule is Cc1cc(OC(C)C)nc(NCc2ccn(C)n2)n1. The molecule has 0 saturated heterocycles. The lowest BCUT2D eigenvalue weighted by Gasteiger charge is -2.11. The van der Waals surface area contributed by atoms with E-state index in [1.807, 2.05) is 46.1 Å². The van der Waals surface area contributed by atoms with Gasteiger partial charge in [-0.1, -0.05) is 0 Å². The number of nitrogens with zero attached hydrogens (tertiary/aromatic N) is 4. The van der Waals surface area contributed by atoms with Crippen LogP contribution in [-0.4, -0.2) is 25.9 Å². The standard InChI is InChI=1S/C13H19N5O/c1-9(2)19-12-7-10(3)15-13(16-12)14-8-11-5-6-18(4)17-11/h5-7,9H,8H2,1-4H3,(H,14,15,16). The van der Waals surface area contributed by atoms with Crippen LogP contribution in [0.4, 0.5) is 5.95 Å². The number of ether oxygens (including phenoxy) is 1. The quantitative estimate of drug-likeness (QED) is 0.890. The first-order valence-electron chi connectivity index (χ1n) is 6.27. The summed E-state index contributed by atoms with van der Waals surface area (Å²) < 4.78 is 7.35. The number of hydrogen-bond acceptors (Lipinski definition) is 5. The molecule has 0 spiro atoms. The van der Waals surface area contributed by atoms with Crippen molar-refractivity contribution in [2.45, 2.75) is 33.4 Å². The Labute approximate surface area is 112 Å². The van der Waals surface area contributed by atoms with Gasteiger partial charge in [0.25, 0.3) is 0 Å². The van der Waals surface area contributed by atoms with E-state index in [0.29, 0.717) is 18.4 Å². The third kappa shape index (κ3) is 3.94. The molecule has 6 heteroatoms. The summed E-state index contributed by atoms with van der Waals surface area (Å²) in [5, 5.41) is 7.44. The molecule has 0 saturated carbocycles.